The van der Waals surface area contributed by atoms with E-state index in [2.05, 4.69) is 4.98 Å². The summed E-state index contributed by atoms with van der Waals surface area (Å²) in [6.45, 7) is 0. The number of fused-ring (bicyclic) bond motifs is 1. The lowest BCUT2D eigenvalue weighted by molar-refractivity contribution is -0.117. The van der Waals surface area contributed by atoms with Gasteiger partial charge in [0, 0.05) is 29.4 Å². The predicted molar refractivity (Wildman–Crippen MR) is 88.4 cm³/mol. The number of nitrogens with one attached hydrogen (secondary N) is 1. The van der Waals surface area contributed by atoms with Gasteiger partial charge in [-0.1, -0.05) is 41.9 Å². The van der Waals surface area contributed by atoms with Crippen LogP contribution in [0.2, 0.25) is 5.02 Å². The van der Waals surface area contributed by atoms with E-state index in [1.807, 2.05) is 36.4 Å². The number of carbonyl (C=O) groups is 1. The van der Waals surface area contributed by atoms with E-state index in [1.54, 1.807) is 18.3 Å². The van der Waals surface area contributed by atoms with Crippen molar-refractivity contribution < 1.29 is 4.79 Å². The minimum atomic E-state index is -0.179. The van der Waals surface area contributed by atoms with Gasteiger partial charge in [-0.05, 0) is 34.7 Å². The molecule has 0 unspecified atom stereocenters. The van der Waals surface area contributed by atoms with Crippen LogP contribution in [0.25, 0.3) is 10.8 Å². The standard InChI is InChI=1S/C18H14ClNO2/c19-17-11-16-13(6-7-20-18(16)22)9-14(17)10-15(21)8-12-4-2-1-3-5-12/h1-7,9,11H,8,10H2,(H,20,22). The van der Waals surface area contributed by atoms with Crippen LogP contribution >= 0.6 is 11.6 Å². The number of hydrogen-bond acceptors (Lipinski definition) is 2. The fourth-order valence-corrected chi connectivity index (χ4v) is 2.72. The number of carbonyl (C=O) groups excluding carboxylic acids is 1. The zero-order chi connectivity index (χ0) is 15.5. The minimum Gasteiger partial charge on any atom is -0.329 e. The molecule has 0 atom stereocenters. The van der Waals surface area contributed by atoms with Crippen LogP contribution in [-0.2, 0) is 17.6 Å². The monoisotopic (exact) mass is 311 g/mol. The Bertz CT molecular complexity index is 884. The first-order valence-electron chi connectivity index (χ1n) is 6.99. The number of ketones is 1. The van der Waals surface area contributed by atoms with Crippen molar-refractivity contribution in [2.24, 2.45) is 0 Å². The molecule has 0 saturated heterocycles. The molecule has 0 radical (unpaired) electrons. The van der Waals surface area contributed by atoms with Crippen LogP contribution < -0.4 is 5.56 Å². The second-order valence-electron chi connectivity index (χ2n) is 5.22. The Morgan fingerprint density at radius 3 is 2.59 bits per heavy atom. The highest BCUT2D eigenvalue weighted by atomic mass is 35.5. The molecule has 22 heavy (non-hydrogen) atoms. The van der Waals surface area contributed by atoms with Crippen molar-refractivity contribution in [1.29, 1.82) is 0 Å². The summed E-state index contributed by atoms with van der Waals surface area (Å²) in [7, 11) is 0. The third kappa shape index (κ3) is 3.10. The van der Waals surface area contributed by atoms with Gasteiger partial charge >= 0.3 is 0 Å². The molecule has 0 aliphatic heterocycles. The van der Waals surface area contributed by atoms with Crippen LogP contribution in [0.1, 0.15) is 11.1 Å². The summed E-state index contributed by atoms with van der Waals surface area (Å²) in [6.07, 6.45) is 2.23. The number of Topliss-reactive ketones (excluding diaryl/α,β-unsaturated/α-hetero) is 1. The number of benzene rings is 2. The van der Waals surface area contributed by atoms with Crippen molar-refractivity contribution in [3.63, 3.8) is 0 Å². The lowest BCUT2D eigenvalue weighted by Crippen LogP contribution is -2.08. The molecule has 1 heterocycles. The van der Waals surface area contributed by atoms with E-state index in [4.69, 9.17) is 11.6 Å². The smallest absolute Gasteiger partial charge is 0.255 e. The molecule has 3 aromatic rings. The zero-order valence-corrected chi connectivity index (χ0v) is 12.6. The van der Waals surface area contributed by atoms with Gasteiger partial charge in [0.05, 0.1) is 0 Å². The van der Waals surface area contributed by atoms with Gasteiger partial charge in [-0.25, -0.2) is 0 Å². The van der Waals surface area contributed by atoms with E-state index in [9.17, 15) is 9.59 Å². The van der Waals surface area contributed by atoms with E-state index in [0.717, 1.165) is 16.5 Å². The van der Waals surface area contributed by atoms with Gasteiger partial charge in [0.15, 0.2) is 0 Å². The third-order valence-corrected chi connectivity index (χ3v) is 3.92. The zero-order valence-electron chi connectivity index (χ0n) is 11.8. The van der Waals surface area contributed by atoms with E-state index in [0.29, 0.717) is 16.8 Å². The number of halogens is 1. The molecule has 0 saturated carbocycles. The van der Waals surface area contributed by atoms with Crippen LogP contribution in [0.15, 0.2) is 59.5 Å². The third-order valence-electron chi connectivity index (χ3n) is 3.57. The van der Waals surface area contributed by atoms with Crippen LogP contribution in [0.4, 0.5) is 0 Å². The number of rotatable bonds is 4. The topological polar surface area (TPSA) is 49.9 Å². The molecule has 0 aliphatic rings. The summed E-state index contributed by atoms with van der Waals surface area (Å²) in [5.74, 6) is 0.0947. The van der Waals surface area contributed by atoms with Crippen molar-refractivity contribution in [2.45, 2.75) is 12.8 Å². The first-order chi connectivity index (χ1) is 10.6. The number of hydrogen-bond donors (Lipinski definition) is 1. The van der Waals surface area contributed by atoms with Gasteiger partial charge in [-0.3, -0.25) is 9.59 Å². The predicted octanol–water partition coefficient (Wildman–Crippen LogP) is 3.54. The second kappa shape index (κ2) is 6.16. The molecule has 0 fully saturated rings. The van der Waals surface area contributed by atoms with Crippen LogP contribution in [0, 0.1) is 0 Å². The molecular weight excluding hydrogens is 298 g/mol. The molecule has 0 aliphatic carbocycles. The van der Waals surface area contributed by atoms with Crippen molar-refractivity contribution in [3.8, 4) is 0 Å². The molecule has 0 spiro atoms. The molecule has 0 amide bonds. The van der Waals surface area contributed by atoms with E-state index >= 15 is 0 Å². The highest BCUT2D eigenvalue weighted by Crippen LogP contribution is 2.22. The van der Waals surface area contributed by atoms with Crippen LogP contribution in [-0.4, -0.2) is 10.8 Å². The molecule has 110 valence electrons. The van der Waals surface area contributed by atoms with Gasteiger partial charge in [-0.2, -0.15) is 0 Å². The summed E-state index contributed by atoms with van der Waals surface area (Å²) in [5, 5.41) is 1.77. The van der Waals surface area contributed by atoms with Gasteiger partial charge in [0.2, 0.25) is 0 Å². The van der Waals surface area contributed by atoms with Gasteiger partial charge in [0.1, 0.15) is 5.78 Å². The summed E-state index contributed by atoms with van der Waals surface area (Å²) in [6, 6.07) is 14.9. The van der Waals surface area contributed by atoms with Crippen molar-refractivity contribution in [2.75, 3.05) is 0 Å². The molecule has 3 nitrogen and oxygen atoms in total. The van der Waals surface area contributed by atoms with Crippen molar-refractivity contribution in [3.05, 3.63) is 81.2 Å². The average molecular weight is 312 g/mol. The summed E-state index contributed by atoms with van der Waals surface area (Å²) in [4.78, 5) is 26.5. The first kappa shape index (κ1) is 14.5. The van der Waals surface area contributed by atoms with Gasteiger partial charge < -0.3 is 4.98 Å². The normalized spacial score (nSPS) is 10.8. The molecule has 1 aromatic heterocycles. The fraction of sp³-hybridized carbons (Fsp3) is 0.111. The molecule has 3 rings (SSSR count). The summed E-state index contributed by atoms with van der Waals surface area (Å²) >= 11 is 6.22. The maximum Gasteiger partial charge on any atom is 0.255 e. The largest absolute Gasteiger partial charge is 0.329 e. The molecule has 4 heteroatoms. The van der Waals surface area contributed by atoms with Gasteiger partial charge in [-0.15, -0.1) is 0 Å². The quantitative estimate of drug-likeness (QED) is 0.801. The Morgan fingerprint density at radius 1 is 1.05 bits per heavy atom. The van der Waals surface area contributed by atoms with E-state index < -0.39 is 0 Å². The lowest BCUT2D eigenvalue weighted by atomic mass is 10.0. The Morgan fingerprint density at radius 2 is 1.82 bits per heavy atom. The molecular formula is C18H14ClNO2. The Balaban J connectivity index is 1.86. The van der Waals surface area contributed by atoms with E-state index in [-0.39, 0.29) is 17.8 Å². The van der Waals surface area contributed by atoms with Crippen LogP contribution in [0.5, 0.6) is 0 Å². The SMILES string of the molecule is O=C(Cc1ccccc1)Cc1cc2cc[nH]c(=O)c2cc1Cl. The maximum absolute atomic E-state index is 12.2. The average Bonchev–Trinajstić information content (AvgIpc) is 2.50. The molecule has 1 N–H and O–H groups in total. The molecule has 0 bridgehead atoms. The number of aromatic amines is 1. The van der Waals surface area contributed by atoms with Crippen molar-refractivity contribution in [1.82, 2.24) is 4.98 Å². The summed E-state index contributed by atoms with van der Waals surface area (Å²) < 4.78 is 0. The first-order valence-corrected chi connectivity index (χ1v) is 7.37. The Labute approximate surface area is 132 Å². The fourth-order valence-electron chi connectivity index (χ4n) is 2.49. The van der Waals surface area contributed by atoms with E-state index in [1.165, 1.54) is 0 Å². The lowest BCUT2D eigenvalue weighted by Gasteiger charge is -2.06. The number of pyridine rings is 1. The number of H-pyrrole nitrogens is 1. The minimum absolute atomic E-state index is 0.0947. The second-order valence-corrected chi connectivity index (χ2v) is 5.62. The highest BCUT2D eigenvalue weighted by molar-refractivity contribution is 6.32. The van der Waals surface area contributed by atoms with Gasteiger partial charge in [0.25, 0.3) is 5.56 Å². The summed E-state index contributed by atoms with van der Waals surface area (Å²) in [5.41, 5.74) is 1.56. The maximum atomic E-state index is 12.2. The Hall–Kier alpha value is -2.39. The van der Waals surface area contributed by atoms with Crippen LogP contribution in [0.3, 0.4) is 0 Å². The Kier molecular flexibility index (Phi) is 4.07. The highest BCUT2D eigenvalue weighted by Gasteiger charge is 2.10. The van der Waals surface area contributed by atoms with Crippen molar-refractivity contribution >= 4 is 28.2 Å². The molecule has 2 aromatic carbocycles. The number of aromatic nitrogens is 1.